The van der Waals surface area contributed by atoms with Crippen LogP contribution in [0.4, 0.5) is 5.69 Å². The Morgan fingerprint density at radius 1 is 1.39 bits per heavy atom. The lowest BCUT2D eigenvalue weighted by Crippen LogP contribution is -2.36. The molecule has 1 aliphatic rings. The third-order valence-corrected chi connectivity index (χ3v) is 3.62. The fourth-order valence-electron chi connectivity index (χ4n) is 2.43. The van der Waals surface area contributed by atoms with Gasteiger partial charge in [0.15, 0.2) is 0 Å². The molecule has 0 saturated heterocycles. The van der Waals surface area contributed by atoms with E-state index < -0.39 is 0 Å². The molecule has 2 rings (SSSR count). The molecule has 1 unspecified atom stereocenters. The van der Waals surface area contributed by atoms with E-state index in [0.29, 0.717) is 6.42 Å². The minimum Gasteiger partial charge on any atom is -0.327 e. The monoisotopic (exact) mass is 246 g/mol. The molecule has 1 aromatic rings. The van der Waals surface area contributed by atoms with E-state index in [2.05, 4.69) is 12.1 Å². The van der Waals surface area contributed by atoms with Crippen molar-refractivity contribution >= 4 is 11.6 Å². The Morgan fingerprint density at radius 2 is 2.17 bits per heavy atom. The van der Waals surface area contributed by atoms with Crippen molar-refractivity contribution in [1.29, 1.82) is 0 Å². The van der Waals surface area contributed by atoms with Crippen molar-refractivity contribution in [2.75, 3.05) is 11.4 Å². The van der Waals surface area contributed by atoms with Crippen LogP contribution in [0.2, 0.25) is 0 Å². The third kappa shape index (κ3) is 2.91. The number of carbonyl (C=O) groups is 1. The maximum atomic E-state index is 12.3. The van der Waals surface area contributed by atoms with Crippen molar-refractivity contribution in [2.45, 2.75) is 45.1 Å². The normalized spacial score (nSPS) is 16.9. The number of anilines is 1. The van der Waals surface area contributed by atoms with Crippen LogP contribution in [-0.4, -0.2) is 18.5 Å². The Balaban J connectivity index is 2.19. The molecule has 1 amide bonds. The summed E-state index contributed by atoms with van der Waals surface area (Å²) in [5.41, 5.74) is 8.26. The topological polar surface area (TPSA) is 46.3 Å². The first-order chi connectivity index (χ1) is 8.72. The summed E-state index contributed by atoms with van der Waals surface area (Å²) in [5.74, 6) is 0.165. The molecule has 0 saturated carbocycles. The van der Waals surface area contributed by atoms with E-state index in [4.69, 9.17) is 5.73 Å². The Labute approximate surface area is 109 Å². The lowest BCUT2D eigenvalue weighted by atomic mass is 10.1. The molecular weight excluding hydrogens is 224 g/mol. The highest BCUT2D eigenvalue weighted by Gasteiger charge is 2.21. The predicted molar refractivity (Wildman–Crippen MR) is 74.6 cm³/mol. The average Bonchev–Trinajstić information content (AvgIpc) is 2.60. The highest BCUT2D eigenvalue weighted by Crippen LogP contribution is 2.26. The summed E-state index contributed by atoms with van der Waals surface area (Å²) in [5, 5.41) is 0. The van der Waals surface area contributed by atoms with Gasteiger partial charge in [0.25, 0.3) is 0 Å². The van der Waals surface area contributed by atoms with Crippen LogP contribution in [0.3, 0.4) is 0 Å². The molecule has 3 heteroatoms. The van der Waals surface area contributed by atoms with Crippen LogP contribution in [0.1, 0.15) is 38.2 Å². The van der Waals surface area contributed by atoms with Gasteiger partial charge in [-0.3, -0.25) is 4.79 Å². The molecule has 1 aliphatic heterocycles. The van der Waals surface area contributed by atoms with Crippen LogP contribution in [0.25, 0.3) is 0 Å². The molecule has 98 valence electrons. The summed E-state index contributed by atoms with van der Waals surface area (Å²) < 4.78 is 0. The van der Waals surface area contributed by atoms with E-state index in [-0.39, 0.29) is 11.9 Å². The second-order valence-electron chi connectivity index (χ2n) is 5.00. The first-order valence-electron chi connectivity index (χ1n) is 6.86. The Kier molecular flexibility index (Phi) is 4.37. The smallest absolute Gasteiger partial charge is 0.228 e. The number of fused-ring (bicyclic) bond motifs is 1. The SMILES string of the molecule is CCC(N)CC(=O)N1CCCCc2ccccc21. The van der Waals surface area contributed by atoms with Crippen LogP contribution in [0, 0.1) is 0 Å². The van der Waals surface area contributed by atoms with Crippen LogP contribution in [-0.2, 0) is 11.2 Å². The summed E-state index contributed by atoms with van der Waals surface area (Å²) in [7, 11) is 0. The fraction of sp³-hybridized carbons (Fsp3) is 0.533. The summed E-state index contributed by atoms with van der Waals surface area (Å²) in [6.45, 7) is 2.85. The van der Waals surface area contributed by atoms with E-state index in [0.717, 1.165) is 37.9 Å². The number of rotatable bonds is 3. The number of benzene rings is 1. The molecule has 0 spiro atoms. The second kappa shape index (κ2) is 6.01. The van der Waals surface area contributed by atoms with Crippen LogP contribution in [0.15, 0.2) is 24.3 Å². The Morgan fingerprint density at radius 3 is 2.94 bits per heavy atom. The molecule has 0 aliphatic carbocycles. The Bertz CT molecular complexity index is 417. The quantitative estimate of drug-likeness (QED) is 0.890. The van der Waals surface area contributed by atoms with Crippen molar-refractivity contribution in [3.63, 3.8) is 0 Å². The molecule has 3 nitrogen and oxygen atoms in total. The molecule has 2 N–H and O–H groups in total. The first kappa shape index (κ1) is 13.1. The zero-order valence-electron chi connectivity index (χ0n) is 11.1. The molecule has 1 aromatic carbocycles. The number of amides is 1. The summed E-state index contributed by atoms with van der Waals surface area (Å²) in [6, 6.07) is 8.21. The van der Waals surface area contributed by atoms with Gasteiger partial charge in [-0.1, -0.05) is 25.1 Å². The van der Waals surface area contributed by atoms with Crippen LogP contribution < -0.4 is 10.6 Å². The predicted octanol–water partition coefficient (Wildman–Crippen LogP) is 2.48. The van der Waals surface area contributed by atoms with E-state index >= 15 is 0 Å². The van der Waals surface area contributed by atoms with Gasteiger partial charge in [-0.2, -0.15) is 0 Å². The van der Waals surface area contributed by atoms with Gasteiger partial charge in [0.2, 0.25) is 5.91 Å². The number of carbonyl (C=O) groups excluding carboxylic acids is 1. The van der Waals surface area contributed by atoms with E-state index in [1.165, 1.54) is 5.56 Å². The molecular formula is C15H22N2O. The molecule has 1 heterocycles. The Hall–Kier alpha value is -1.35. The zero-order chi connectivity index (χ0) is 13.0. The maximum Gasteiger partial charge on any atom is 0.228 e. The molecule has 0 radical (unpaired) electrons. The van der Waals surface area contributed by atoms with E-state index in [1.807, 2.05) is 24.0 Å². The van der Waals surface area contributed by atoms with Crippen molar-refractivity contribution in [3.05, 3.63) is 29.8 Å². The number of aryl methyl sites for hydroxylation is 1. The average molecular weight is 246 g/mol. The van der Waals surface area contributed by atoms with Crippen molar-refractivity contribution in [1.82, 2.24) is 0 Å². The maximum absolute atomic E-state index is 12.3. The highest BCUT2D eigenvalue weighted by molar-refractivity contribution is 5.94. The number of para-hydroxylation sites is 1. The molecule has 18 heavy (non-hydrogen) atoms. The van der Waals surface area contributed by atoms with Gasteiger partial charge in [-0.15, -0.1) is 0 Å². The summed E-state index contributed by atoms with van der Waals surface area (Å²) >= 11 is 0. The summed E-state index contributed by atoms with van der Waals surface area (Å²) in [6.07, 6.45) is 4.59. The number of hydrogen-bond acceptors (Lipinski definition) is 2. The van der Waals surface area contributed by atoms with Gasteiger partial charge < -0.3 is 10.6 Å². The van der Waals surface area contributed by atoms with Gasteiger partial charge in [0.05, 0.1) is 0 Å². The van der Waals surface area contributed by atoms with Gasteiger partial charge in [0.1, 0.15) is 0 Å². The molecule has 0 aromatic heterocycles. The van der Waals surface area contributed by atoms with E-state index in [1.54, 1.807) is 0 Å². The van der Waals surface area contributed by atoms with Gasteiger partial charge in [0, 0.05) is 24.7 Å². The molecule has 0 bridgehead atoms. The summed E-state index contributed by atoms with van der Waals surface area (Å²) in [4.78, 5) is 14.3. The van der Waals surface area contributed by atoms with Crippen molar-refractivity contribution in [2.24, 2.45) is 5.73 Å². The molecule has 1 atom stereocenters. The number of nitrogens with two attached hydrogens (primary N) is 1. The van der Waals surface area contributed by atoms with Gasteiger partial charge in [-0.25, -0.2) is 0 Å². The van der Waals surface area contributed by atoms with Gasteiger partial charge >= 0.3 is 0 Å². The lowest BCUT2D eigenvalue weighted by Gasteiger charge is -2.24. The number of nitrogens with zero attached hydrogens (tertiary/aromatic N) is 1. The fourth-order valence-corrected chi connectivity index (χ4v) is 2.43. The van der Waals surface area contributed by atoms with Crippen LogP contribution >= 0.6 is 0 Å². The van der Waals surface area contributed by atoms with Crippen molar-refractivity contribution in [3.8, 4) is 0 Å². The third-order valence-electron chi connectivity index (χ3n) is 3.62. The minimum absolute atomic E-state index is 0.0204. The van der Waals surface area contributed by atoms with Crippen LogP contribution in [0.5, 0.6) is 0 Å². The van der Waals surface area contributed by atoms with E-state index in [9.17, 15) is 4.79 Å². The largest absolute Gasteiger partial charge is 0.327 e. The number of hydrogen-bond donors (Lipinski definition) is 1. The second-order valence-corrected chi connectivity index (χ2v) is 5.00. The first-order valence-corrected chi connectivity index (χ1v) is 6.86. The molecule has 0 fully saturated rings. The van der Waals surface area contributed by atoms with Gasteiger partial charge in [-0.05, 0) is 37.3 Å². The van der Waals surface area contributed by atoms with Crippen molar-refractivity contribution < 1.29 is 4.79 Å². The standard InChI is InChI=1S/C15H22N2O/c1-2-13(16)11-15(18)17-10-6-5-8-12-7-3-4-9-14(12)17/h3-4,7,9,13H,2,5-6,8,10-11,16H2,1H3. The highest BCUT2D eigenvalue weighted by atomic mass is 16.2. The minimum atomic E-state index is -0.0204. The zero-order valence-corrected chi connectivity index (χ0v) is 11.1. The lowest BCUT2D eigenvalue weighted by molar-refractivity contribution is -0.118.